The van der Waals surface area contributed by atoms with E-state index in [0.717, 1.165) is 17.5 Å². The lowest BCUT2D eigenvalue weighted by atomic mass is 9.97. The predicted molar refractivity (Wildman–Crippen MR) is 130 cm³/mol. The maximum Gasteiger partial charge on any atom is 0.255 e. The quantitative estimate of drug-likeness (QED) is 0.583. The van der Waals surface area contributed by atoms with E-state index < -0.39 is 10.0 Å². The van der Waals surface area contributed by atoms with Crippen LogP contribution in [-0.2, 0) is 21.4 Å². The second-order valence-corrected chi connectivity index (χ2v) is 10.7. The van der Waals surface area contributed by atoms with Gasteiger partial charge in [0.05, 0.1) is 5.75 Å². The fourth-order valence-corrected chi connectivity index (χ4v) is 5.53. The number of carbonyl (C=O) groups is 2. The molecule has 0 radical (unpaired) electrons. The molecule has 2 N–H and O–H groups in total. The summed E-state index contributed by atoms with van der Waals surface area (Å²) in [7, 11) is -3.22. The van der Waals surface area contributed by atoms with Crippen LogP contribution in [0.2, 0.25) is 0 Å². The van der Waals surface area contributed by atoms with E-state index in [9.17, 15) is 18.0 Å². The fraction of sp³-hybridized carbons (Fsp3) is 0.440. The van der Waals surface area contributed by atoms with Crippen molar-refractivity contribution in [1.82, 2.24) is 9.62 Å². The van der Waals surface area contributed by atoms with Gasteiger partial charge in [0.15, 0.2) is 0 Å². The highest BCUT2D eigenvalue weighted by Crippen LogP contribution is 2.21. The number of carbonyl (C=O) groups excluding carboxylic acids is 2. The van der Waals surface area contributed by atoms with Crippen molar-refractivity contribution < 1.29 is 18.0 Å². The summed E-state index contributed by atoms with van der Waals surface area (Å²) in [5, 5.41) is 5.84. The zero-order valence-electron chi connectivity index (χ0n) is 19.3. The van der Waals surface area contributed by atoms with Gasteiger partial charge in [-0.05, 0) is 56.0 Å². The van der Waals surface area contributed by atoms with Gasteiger partial charge in [0.2, 0.25) is 15.9 Å². The third-order valence-electron chi connectivity index (χ3n) is 5.94. The Kier molecular flexibility index (Phi) is 8.63. The van der Waals surface area contributed by atoms with Crippen LogP contribution < -0.4 is 10.6 Å². The van der Waals surface area contributed by atoms with Crippen molar-refractivity contribution in [1.29, 1.82) is 0 Å². The molecule has 3 rings (SSSR count). The molecule has 1 heterocycles. The second kappa shape index (κ2) is 11.4. The molecule has 0 atom stereocenters. The maximum atomic E-state index is 12.6. The summed E-state index contributed by atoms with van der Waals surface area (Å²) in [4.78, 5) is 25.1. The molecule has 8 heteroatoms. The molecule has 178 valence electrons. The van der Waals surface area contributed by atoms with Gasteiger partial charge in [0, 0.05) is 36.8 Å². The zero-order chi connectivity index (χ0) is 23.8. The molecule has 0 aromatic heterocycles. The first-order chi connectivity index (χ1) is 15.8. The molecular formula is C25H33N3O4S. The van der Waals surface area contributed by atoms with Crippen LogP contribution in [0.4, 0.5) is 5.69 Å². The molecule has 0 spiro atoms. The lowest BCUT2D eigenvalue weighted by Gasteiger charge is -2.30. The molecule has 1 aliphatic rings. The third-order valence-corrected chi connectivity index (χ3v) is 7.90. The van der Waals surface area contributed by atoms with Gasteiger partial charge in [0.1, 0.15) is 0 Å². The first-order valence-electron chi connectivity index (χ1n) is 11.5. The molecule has 33 heavy (non-hydrogen) atoms. The Morgan fingerprint density at radius 2 is 1.76 bits per heavy atom. The van der Waals surface area contributed by atoms with Crippen LogP contribution in [0, 0.1) is 12.8 Å². The number of nitrogens with one attached hydrogen (secondary N) is 2. The standard InChI is InChI=1S/C25H33N3O4S/c1-3-4-16-33(31,32)28-14-12-22(13-15-28)24(29)26-18-20-6-5-7-23(17-20)27-25(30)21-10-8-19(2)9-11-21/h5-11,17,22H,3-4,12-16,18H2,1-2H3,(H,26,29)(H,27,30). The number of hydrogen-bond acceptors (Lipinski definition) is 4. The van der Waals surface area contributed by atoms with Crippen LogP contribution in [0.1, 0.15) is 54.1 Å². The topological polar surface area (TPSA) is 95.6 Å². The second-order valence-electron chi connectivity index (χ2n) is 8.58. The van der Waals surface area contributed by atoms with Gasteiger partial charge >= 0.3 is 0 Å². The molecular weight excluding hydrogens is 438 g/mol. The zero-order valence-corrected chi connectivity index (χ0v) is 20.2. The average Bonchev–Trinajstić information content (AvgIpc) is 2.82. The molecule has 1 aliphatic heterocycles. The lowest BCUT2D eigenvalue weighted by Crippen LogP contribution is -2.43. The van der Waals surface area contributed by atoms with E-state index in [4.69, 9.17) is 0 Å². The summed E-state index contributed by atoms with van der Waals surface area (Å²) < 4.78 is 26.2. The Morgan fingerprint density at radius 1 is 1.06 bits per heavy atom. The van der Waals surface area contributed by atoms with Gasteiger partial charge in [-0.25, -0.2) is 12.7 Å². The van der Waals surface area contributed by atoms with Crippen molar-refractivity contribution in [2.45, 2.75) is 46.1 Å². The number of aryl methyl sites for hydroxylation is 1. The summed E-state index contributed by atoms with van der Waals surface area (Å²) in [6, 6.07) is 14.8. The van der Waals surface area contributed by atoms with E-state index in [-0.39, 0.29) is 23.5 Å². The van der Waals surface area contributed by atoms with Crippen molar-refractivity contribution in [2.75, 3.05) is 24.2 Å². The van der Waals surface area contributed by atoms with Crippen LogP contribution in [0.15, 0.2) is 48.5 Å². The van der Waals surface area contributed by atoms with E-state index in [1.165, 1.54) is 4.31 Å². The molecule has 1 saturated heterocycles. The van der Waals surface area contributed by atoms with Crippen molar-refractivity contribution in [3.63, 3.8) is 0 Å². The van der Waals surface area contributed by atoms with E-state index in [1.54, 1.807) is 12.1 Å². The molecule has 2 amide bonds. The van der Waals surface area contributed by atoms with E-state index in [1.807, 2.05) is 50.2 Å². The highest BCUT2D eigenvalue weighted by Gasteiger charge is 2.30. The fourth-order valence-electron chi connectivity index (χ4n) is 3.85. The number of unbranched alkanes of at least 4 members (excludes halogenated alkanes) is 1. The molecule has 0 bridgehead atoms. The van der Waals surface area contributed by atoms with Crippen molar-refractivity contribution in [3.05, 3.63) is 65.2 Å². The number of nitrogens with zero attached hydrogens (tertiary/aromatic N) is 1. The maximum absolute atomic E-state index is 12.6. The molecule has 0 aliphatic carbocycles. The van der Waals surface area contributed by atoms with Crippen LogP contribution in [0.3, 0.4) is 0 Å². The normalized spacial score (nSPS) is 15.2. The number of piperidine rings is 1. The summed E-state index contributed by atoms with van der Waals surface area (Å²) >= 11 is 0. The molecule has 1 fully saturated rings. The van der Waals surface area contributed by atoms with Gasteiger partial charge in [0.25, 0.3) is 5.91 Å². The number of anilines is 1. The molecule has 2 aromatic carbocycles. The van der Waals surface area contributed by atoms with Gasteiger partial charge < -0.3 is 10.6 Å². The van der Waals surface area contributed by atoms with Gasteiger partial charge in [-0.1, -0.05) is 43.2 Å². The number of amides is 2. The number of hydrogen-bond donors (Lipinski definition) is 2. The SMILES string of the molecule is CCCCS(=O)(=O)N1CCC(C(=O)NCc2cccc(NC(=O)c3ccc(C)cc3)c2)CC1. The monoisotopic (exact) mass is 471 g/mol. The largest absolute Gasteiger partial charge is 0.352 e. The van der Waals surface area contributed by atoms with Crippen LogP contribution >= 0.6 is 0 Å². The number of sulfonamides is 1. The number of benzene rings is 2. The minimum absolute atomic E-state index is 0.0605. The third kappa shape index (κ3) is 7.14. The minimum atomic E-state index is -3.22. The smallest absolute Gasteiger partial charge is 0.255 e. The summed E-state index contributed by atoms with van der Waals surface area (Å²) in [5.74, 6) is -0.254. The van der Waals surface area contributed by atoms with Crippen LogP contribution in [0.25, 0.3) is 0 Å². The highest BCUT2D eigenvalue weighted by molar-refractivity contribution is 7.89. The Morgan fingerprint density at radius 3 is 2.42 bits per heavy atom. The summed E-state index contributed by atoms with van der Waals surface area (Å²) in [6.45, 7) is 5.08. The van der Waals surface area contributed by atoms with Gasteiger partial charge in [-0.3, -0.25) is 9.59 Å². The van der Waals surface area contributed by atoms with Crippen LogP contribution in [0.5, 0.6) is 0 Å². The Labute approximate surface area is 196 Å². The van der Waals surface area contributed by atoms with Crippen molar-refractivity contribution >= 4 is 27.5 Å². The van der Waals surface area contributed by atoms with Crippen molar-refractivity contribution in [2.24, 2.45) is 5.92 Å². The van der Waals surface area contributed by atoms with Gasteiger partial charge in [-0.15, -0.1) is 0 Å². The molecule has 0 saturated carbocycles. The van der Waals surface area contributed by atoms with E-state index in [2.05, 4.69) is 10.6 Å². The summed E-state index contributed by atoms with van der Waals surface area (Å²) in [5.41, 5.74) is 3.22. The highest BCUT2D eigenvalue weighted by atomic mass is 32.2. The predicted octanol–water partition coefficient (Wildman–Crippen LogP) is 3.71. The Bertz CT molecular complexity index is 1060. The molecule has 2 aromatic rings. The van der Waals surface area contributed by atoms with E-state index >= 15 is 0 Å². The average molecular weight is 472 g/mol. The first kappa shape index (κ1) is 24.9. The minimum Gasteiger partial charge on any atom is -0.352 e. The Balaban J connectivity index is 1.49. The lowest BCUT2D eigenvalue weighted by molar-refractivity contribution is -0.126. The van der Waals surface area contributed by atoms with Gasteiger partial charge in [-0.2, -0.15) is 0 Å². The Hall–Kier alpha value is -2.71. The number of rotatable bonds is 9. The summed E-state index contributed by atoms with van der Waals surface area (Å²) in [6.07, 6.45) is 2.57. The van der Waals surface area contributed by atoms with E-state index in [0.29, 0.717) is 50.1 Å². The molecule has 0 unspecified atom stereocenters. The molecule has 7 nitrogen and oxygen atoms in total. The van der Waals surface area contributed by atoms with Crippen LogP contribution in [-0.4, -0.2) is 43.4 Å². The van der Waals surface area contributed by atoms with Crippen molar-refractivity contribution in [3.8, 4) is 0 Å². The first-order valence-corrected chi connectivity index (χ1v) is 13.1.